The molecule has 1 rings (SSSR count). The molecule has 0 bridgehead atoms. The van der Waals surface area contributed by atoms with Gasteiger partial charge in [0.05, 0.1) is 11.1 Å². The molecule has 0 fully saturated rings. The van der Waals surface area contributed by atoms with Crippen LogP contribution in [0.4, 0.5) is 0 Å². The second-order valence-corrected chi connectivity index (χ2v) is 11.4. The Morgan fingerprint density at radius 3 is 1.07 bits per heavy atom. The van der Waals surface area contributed by atoms with E-state index < -0.39 is 11.2 Å². The standard InChI is InChI=1S/C24H38O4/c1-21(2,3)15-23(7,8)27-19(25)17-11-13-18(14-12-17)20(26)28-24(9,10)16-22(4,5)6/h11-14H,15-16H2,1-10H3. The van der Waals surface area contributed by atoms with Crippen molar-refractivity contribution in [2.45, 2.75) is 93.3 Å². The minimum absolute atomic E-state index is 0.0528. The van der Waals surface area contributed by atoms with E-state index >= 15 is 0 Å². The molecular formula is C24H38O4. The molecule has 0 atom stereocenters. The Bertz CT molecular complexity index is 622. The minimum atomic E-state index is -0.566. The van der Waals surface area contributed by atoms with Crippen LogP contribution in [0, 0.1) is 10.8 Å². The van der Waals surface area contributed by atoms with Crippen molar-refractivity contribution in [1.29, 1.82) is 0 Å². The van der Waals surface area contributed by atoms with Crippen LogP contribution in [0.5, 0.6) is 0 Å². The van der Waals surface area contributed by atoms with Crippen LogP contribution in [-0.4, -0.2) is 23.1 Å². The highest BCUT2D eigenvalue weighted by Gasteiger charge is 2.31. The first-order valence-electron chi connectivity index (χ1n) is 9.96. The monoisotopic (exact) mass is 390 g/mol. The Hall–Kier alpha value is -1.84. The average molecular weight is 391 g/mol. The van der Waals surface area contributed by atoms with E-state index in [-0.39, 0.29) is 22.8 Å². The van der Waals surface area contributed by atoms with E-state index in [1.54, 1.807) is 24.3 Å². The molecule has 0 aliphatic carbocycles. The molecule has 0 aliphatic rings. The number of rotatable bonds is 6. The summed E-state index contributed by atoms with van der Waals surface area (Å²) in [5.74, 6) is -0.774. The molecule has 0 aromatic heterocycles. The third kappa shape index (κ3) is 8.90. The van der Waals surface area contributed by atoms with Gasteiger partial charge in [0.1, 0.15) is 11.2 Å². The molecule has 0 saturated carbocycles. The van der Waals surface area contributed by atoms with E-state index in [0.29, 0.717) is 11.1 Å². The largest absolute Gasteiger partial charge is 0.456 e. The molecule has 0 saturated heterocycles. The van der Waals surface area contributed by atoms with E-state index in [1.165, 1.54) is 0 Å². The number of hydrogen-bond donors (Lipinski definition) is 0. The molecule has 4 nitrogen and oxygen atoms in total. The maximum absolute atomic E-state index is 12.5. The van der Waals surface area contributed by atoms with Crippen LogP contribution in [-0.2, 0) is 9.47 Å². The highest BCUT2D eigenvalue weighted by atomic mass is 16.6. The van der Waals surface area contributed by atoms with Crippen LogP contribution in [0.25, 0.3) is 0 Å². The van der Waals surface area contributed by atoms with Gasteiger partial charge >= 0.3 is 11.9 Å². The second-order valence-electron chi connectivity index (χ2n) is 11.4. The van der Waals surface area contributed by atoms with Gasteiger partial charge in [-0.25, -0.2) is 9.59 Å². The highest BCUT2D eigenvalue weighted by Crippen LogP contribution is 2.31. The summed E-state index contributed by atoms with van der Waals surface area (Å²) in [6.45, 7) is 20.4. The van der Waals surface area contributed by atoms with Crippen molar-refractivity contribution in [1.82, 2.24) is 0 Å². The van der Waals surface area contributed by atoms with Gasteiger partial charge in [-0.2, -0.15) is 0 Å². The quantitative estimate of drug-likeness (QED) is 0.525. The van der Waals surface area contributed by atoms with Crippen LogP contribution in [0.1, 0.15) is 103 Å². The zero-order valence-electron chi connectivity index (χ0n) is 19.4. The number of carbonyl (C=O) groups is 2. The fraction of sp³-hybridized carbons (Fsp3) is 0.667. The molecule has 0 amide bonds. The summed E-state index contributed by atoms with van der Waals surface area (Å²) < 4.78 is 11.4. The van der Waals surface area contributed by atoms with Gasteiger partial charge in [0.2, 0.25) is 0 Å². The molecular weight excluding hydrogens is 352 g/mol. The maximum atomic E-state index is 12.5. The summed E-state index contributed by atoms with van der Waals surface area (Å²) in [7, 11) is 0. The van der Waals surface area contributed by atoms with Crippen LogP contribution in [0.2, 0.25) is 0 Å². The normalized spacial score (nSPS) is 13.2. The van der Waals surface area contributed by atoms with Crippen molar-refractivity contribution in [3.8, 4) is 0 Å². The first-order valence-corrected chi connectivity index (χ1v) is 9.96. The third-order valence-corrected chi connectivity index (χ3v) is 4.01. The molecule has 158 valence electrons. The van der Waals surface area contributed by atoms with Crippen LogP contribution >= 0.6 is 0 Å². The van der Waals surface area contributed by atoms with Crippen LogP contribution in [0.15, 0.2) is 24.3 Å². The molecule has 1 aromatic carbocycles. The molecule has 0 N–H and O–H groups in total. The second kappa shape index (κ2) is 8.26. The van der Waals surface area contributed by atoms with E-state index in [1.807, 2.05) is 27.7 Å². The lowest BCUT2D eigenvalue weighted by atomic mass is 9.83. The number of ether oxygens (including phenoxy) is 2. The summed E-state index contributed by atoms with van der Waals surface area (Å²) in [5.41, 5.74) is -0.178. The van der Waals surface area contributed by atoms with Crippen LogP contribution in [0.3, 0.4) is 0 Å². The van der Waals surface area contributed by atoms with Crippen molar-refractivity contribution in [2.24, 2.45) is 10.8 Å². The van der Waals surface area contributed by atoms with Crippen LogP contribution < -0.4 is 0 Å². The number of carbonyl (C=O) groups excluding carboxylic acids is 2. The minimum Gasteiger partial charge on any atom is -0.456 e. The summed E-state index contributed by atoms with van der Waals surface area (Å²) in [5, 5.41) is 0. The number of esters is 2. The summed E-state index contributed by atoms with van der Waals surface area (Å²) in [6.07, 6.45) is 1.50. The first-order chi connectivity index (χ1) is 12.4. The molecule has 0 radical (unpaired) electrons. The summed E-state index contributed by atoms with van der Waals surface area (Å²) in [4.78, 5) is 24.9. The van der Waals surface area contributed by atoms with E-state index in [4.69, 9.17) is 9.47 Å². The SMILES string of the molecule is CC(C)(C)CC(C)(C)OC(=O)c1ccc(C(=O)OC(C)(C)CC(C)(C)C)cc1. The van der Waals surface area contributed by atoms with Crippen molar-refractivity contribution < 1.29 is 19.1 Å². The molecule has 0 unspecified atom stereocenters. The topological polar surface area (TPSA) is 52.6 Å². The van der Waals surface area contributed by atoms with Gasteiger partial charge in [-0.1, -0.05) is 41.5 Å². The van der Waals surface area contributed by atoms with Crippen molar-refractivity contribution in [3.05, 3.63) is 35.4 Å². The van der Waals surface area contributed by atoms with Gasteiger partial charge < -0.3 is 9.47 Å². The van der Waals surface area contributed by atoms with Crippen molar-refractivity contribution >= 4 is 11.9 Å². The molecule has 1 aromatic rings. The lowest BCUT2D eigenvalue weighted by molar-refractivity contribution is -0.0196. The predicted octanol–water partition coefficient (Wildman–Crippen LogP) is 6.43. The van der Waals surface area contributed by atoms with Crippen molar-refractivity contribution in [2.75, 3.05) is 0 Å². The Morgan fingerprint density at radius 1 is 0.607 bits per heavy atom. The Kier molecular flexibility index (Phi) is 7.14. The average Bonchev–Trinajstić information content (AvgIpc) is 2.40. The Balaban J connectivity index is 2.80. The van der Waals surface area contributed by atoms with E-state index in [9.17, 15) is 9.59 Å². The van der Waals surface area contributed by atoms with Gasteiger partial charge in [0.25, 0.3) is 0 Å². The van der Waals surface area contributed by atoms with Gasteiger partial charge in [-0.05, 0) is 75.6 Å². The Labute approximate surface area is 171 Å². The highest BCUT2D eigenvalue weighted by molar-refractivity contribution is 5.93. The smallest absolute Gasteiger partial charge is 0.338 e. The molecule has 0 heterocycles. The lowest BCUT2D eigenvalue weighted by Crippen LogP contribution is -2.33. The van der Waals surface area contributed by atoms with Gasteiger partial charge in [0.15, 0.2) is 0 Å². The molecule has 28 heavy (non-hydrogen) atoms. The fourth-order valence-corrected chi connectivity index (χ4v) is 3.99. The first kappa shape index (κ1) is 24.2. The van der Waals surface area contributed by atoms with Crippen molar-refractivity contribution in [3.63, 3.8) is 0 Å². The van der Waals surface area contributed by atoms with E-state index in [2.05, 4.69) is 41.5 Å². The van der Waals surface area contributed by atoms with Gasteiger partial charge in [-0.15, -0.1) is 0 Å². The van der Waals surface area contributed by atoms with E-state index in [0.717, 1.165) is 12.8 Å². The fourth-order valence-electron chi connectivity index (χ4n) is 3.99. The predicted molar refractivity (Wildman–Crippen MR) is 114 cm³/mol. The zero-order chi connectivity index (χ0) is 22.0. The molecule has 4 heteroatoms. The maximum Gasteiger partial charge on any atom is 0.338 e. The molecule has 0 aliphatic heterocycles. The summed E-state index contributed by atoms with van der Waals surface area (Å²) >= 11 is 0. The lowest BCUT2D eigenvalue weighted by Gasteiger charge is -2.32. The van der Waals surface area contributed by atoms with Gasteiger partial charge in [-0.3, -0.25) is 0 Å². The number of hydrogen-bond acceptors (Lipinski definition) is 4. The Morgan fingerprint density at radius 2 is 0.857 bits per heavy atom. The summed E-state index contributed by atoms with van der Waals surface area (Å²) in [6, 6.07) is 6.46. The number of benzene rings is 1. The zero-order valence-corrected chi connectivity index (χ0v) is 19.4. The molecule has 0 spiro atoms. The van der Waals surface area contributed by atoms with Gasteiger partial charge in [0, 0.05) is 0 Å². The third-order valence-electron chi connectivity index (χ3n) is 4.01.